The fourth-order valence-corrected chi connectivity index (χ4v) is 4.26. The average Bonchev–Trinajstić information content (AvgIpc) is 2.74. The Bertz CT molecular complexity index is 964. The normalized spacial score (nSPS) is 16.8. The number of benzene rings is 1. The first kappa shape index (κ1) is 18.4. The Hall–Kier alpha value is -3.01. The number of aromatic nitrogens is 2. The average molecular weight is 371 g/mol. The van der Waals surface area contributed by atoms with Gasteiger partial charge in [-0.1, -0.05) is 24.3 Å². The van der Waals surface area contributed by atoms with E-state index >= 15 is 0 Å². The predicted octanol–water partition coefficient (Wildman–Crippen LogP) is 4.71. The van der Waals surface area contributed by atoms with Crippen molar-refractivity contribution in [3.05, 3.63) is 88.9 Å². The molecule has 0 saturated carbocycles. The van der Waals surface area contributed by atoms with Crippen LogP contribution in [-0.4, -0.2) is 28.8 Å². The van der Waals surface area contributed by atoms with Crippen LogP contribution in [0.1, 0.15) is 51.5 Å². The molecule has 1 aliphatic rings. The van der Waals surface area contributed by atoms with Gasteiger partial charge in [0.1, 0.15) is 11.5 Å². The van der Waals surface area contributed by atoms with Crippen molar-refractivity contribution in [2.45, 2.75) is 32.6 Å². The van der Waals surface area contributed by atoms with Gasteiger partial charge < -0.3 is 4.90 Å². The highest BCUT2D eigenvalue weighted by Crippen LogP contribution is 2.33. The quantitative estimate of drug-likeness (QED) is 0.623. The summed E-state index contributed by atoms with van der Waals surface area (Å²) in [6.07, 6.45) is 5.58. The van der Waals surface area contributed by atoms with Gasteiger partial charge >= 0.3 is 0 Å². The summed E-state index contributed by atoms with van der Waals surface area (Å²) in [6, 6.07) is 15.8. The third kappa shape index (κ3) is 3.68. The van der Waals surface area contributed by atoms with E-state index in [1.807, 2.05) is 12.1 Å². The second-order valence-corrected chi connectivity index (χ2v) is 7.54. The summed E-state index contributed by atoms with van der Waals surface area (Å²) in [5, 5.41) is 0. The molecule has 1 saturated heterocycles. The summed E-state index contributed by atoms with van der Waals surface area (Å²) in [4.78, 5) is 23.8. The highest BCUT2D eigenvalue weighted by Gasteiger charge is 2.25. The molecular weight excluding hydrogens is 346 g/mol. The summed E-state index contributed by atoms with van der Waals surface area (Å²) in [5.41, 5.74) is 5.23. The van der Waals surface area contributed by atoms with Crippen LogP contribution in [0.2, 0.25) is 0 Å². The number of carbonyl (C=O) groups excluding carboxylic acids is 1. The van der Waals surface area contributed by atoms with Crippen molar-refractivity contribution in [1.82, 2.24) is 9.97 Å². The van der Waals surface area contributed by atoms with Crippen LogP contribution in [0.15, 0.2) is 60.9 Å². The Labute approximate surface area is 166 Å². The van der Waals surface area contributed by atoms with Crippen molar-refractivity contribution in [3.8, 4) is 0 Å². The molecular formula is C24H25N3O. The van der Waals surface area contributed by atoms with Crippen LogP contribution in [0.4, 0.5) is 5.82 Å². The fraction of sp³-hybridized carbons (Fsp3) is 0.292. The first-order chi connectivity index (χ1) is 13.6. The lowest BCUT2D eigenvalue weighted by atomic mass is 9.85. The van der Waals surface area contributed by atoms with E-state index in [9.17, 15) is 4.79 Å². The lowest BCUT2D eigenvalue weighted by Gasteiger charge is -2.35. The van der Waals surface area contributed by atoms with E-state index in [0.717, 1.165) is 25.3 Å². The highest BCUT2D eigenvalue weighted by molar-refractivity contribution is 6.07. The van der Waals surface area contributed by atoms with Gasteiger partial charge in [0.05, 0.1) is 0 Å². The van der Waals surface area contributed by atoms with Crippen LogP contribution in [0.25, 0.3) is 0 Å². The maximum absolute atomic E-state index is 12.7. The predicted molar refractivity (Wildman–Crippen MR) is 112 cm³/mol. The van der Waals surface area contributed by atoms with E-state index in [2.05, 4.69) is 41.9 Å². The van der Waals surface area contributed by atoms with Gasteiger partial charge in [-0.15, -0.1) is 0 Å². The van der Waals surface area contributed by atoms with Gasteiger partial charge in [0.25, 0.3) is 0 Å². The van der Waals surface area contributed by atoms with E-state index in [-0.39, 0.29) is 5.78 Å². The molecule has 0 N–H and O–H groups in total. The molecule has 0 spiro atoms. The molecule has 1 aromatic carbocycles. The molecule has 2 aromatic heterocycles. The molecule has 4 rings (SSSR count). The number of hydrogen-bond donors (Lipinski definition) is 0. The molecule has 1 aliphatic heterocycles. The zero-order valence-corrected chi connectivity index (χ0v) is 16.4. The molecule has 0 aliphatic carbocycles. The molecule has 0 amide bonds. The maximum Gasteiger partial charge on any atom is 0.212 e. The number of rotatable bonds is 4. The zero-order valence-electron chi connectivity index (χ0n) is 16.4. The second-order valence-electron chi connectivity index (χ2n) is 7.54. The molecule has 1 unspecified atom stereocenters. The lowest BCUT2D eigenvalue weighted by molar-refractivity contribution is 0.103. The highest BCUT2D eigenvalue weighted by atomic mass is 16.1. The van der Waals surface area contributed by atoms with E-state index in [4.69, 9.17) is 4.98 Å². The molecule has 3 aromatic rings. The van der Waals surface area contributed by atoms with Gasteiger partial charge in [-0.25, -0.2) is 4.98 Å². The number of ketones is 1. The number of nitrogens with zero attached hydrogens (tertiary/aromatic N) is 3. The summed E-state index contributed by atoms with van der Waals surface area (Å²) in [5.74, 6) is 1.29. The van der Waals surface area contributed by atoms with Gasteiger partial charge in [0, 0.05) is 37.0 Å². The standard InChI is InChI=1S/C24H25N3O/c1-17-7-3-8-18(2)23(17)20-10-6-14-27(16-20)22-12-4-11-21(26-22)24(28)19-9-5-13-25-15-19/h3-5,7-9,11-13,15,20H,6,10,14,16H2,1-2H3. The van der Waals surface area contributed by atoms with E-state index in [1.165, 1.54) is 23.1 Å². The SMILES string of the molecule is Cc1cccc(C)c1C1CCCN(c2cccc(C(=O)c3cccnc3)n2)C1. The van der Waals surface area contributed by atoms with E-state index < -0.39 is 0 Å². The van der Waals surface area contributed by atoms with Crippen molar-refractivity contribution in [2.24, 2.45) is 0 Å². The smallest absolute Gasteiger partial charge is 0.212 e. The number of anilines is 1. The van der Waals surface area contributed by atoms with Crippen LogP contribution in [0.3, 0.4) is 0 Å². The van der Waals surface area contributed by atoms with Crippen molar-refractivity contribution in [3.63, 3.8) is 0 Å². The van der Waals surface area contributed by atoms with Crippen LogP contribution >= 0.6 is 0 Å². The fourth-order valence-electron chi connectivity index (χ4n) is 4.26. The molecule has 0 radical (unpaired) electrons. The van der Waals surface area contributed by atoms with Crippen molar-refractivity contribution >= 4 is 11.6 Å². The van der Waals surface area contributed by atoms with Crippen molar-refractivity contribution in [2.75, 3.05) is 18.0 Å². The van der Waals surface area contributed by atoms with Gasteiger partial charge in [0.15, 0.2) is 0 Å². The van der Waals surface area contributed by atoms with Crippen LogP contribution < -0.4 is 4.90 Å². The Morgan fingerprint density at radius 2 is 1.82 bits per heavy atom. The van der Waals surface area contributed by atoms with Crippen LogP contribution in [0.5, 0.6) is 0 Å². The lowest BCUT2D eigenvalue weighted by Crippen LogP contribution is -2.35. The maximum atomic E-state index is 12.7. The van der Waals surface area contributed by atoms with E-state index in [0.29, 0.717) is 17.2 Å². The van der Waals surface area contributed by atoms with Crippen LogP contribution in [0, 0.1) is 13.8 Å². The molecule has 142 valence electrons. The minimum Gasteiger partial charge on any atom is -0.356 e. The summed E-state index contributed by atoms with van der Waals surface area (Å²) in [7, 11) is 0. The van der Waals surface area contributed by atoms with Gasteiger partial charge in [0.2, 0.25) is 5.78 Å². The molecule has 1 atom stereocenters. The largest absolute Gasteiger partial charge is 0.356 e. The summed E-state index contributed by atoms with van der Waals surface area (Å²) < 4.78 is 0. The molecule has 4 heteroatoms. The number of hydrogen-bond acceptors (Lipinski definition) is 4. The third-order valence-electron chi connectivity index (χ3n) is 5.59. The van der Waals surface area contributed by atoms with Gasteiger partial charge in [-0.05, 0) is 67.6 Å². The minimum absolute atomic E-state index is 0.0849. The van der Waals surface area contributed by atoms with Crippen molar-refractivity contribution in [1.29, 1.82) is 0 Å². The third-order valence-corrected chi connectivity index (χ3v) is 5.59. The minimum atomic E-state index is -0.0849. The number of piperidine rings is 1. The molecule has 0 bridgehead atoms. The van der Waals surface area contributed by atoms with Crippen LogP contribution in [-0.2, 0) is 0 Å². The molecule has 28 heavy (non-hydrogen) atoms. The summed E-state index contributed by atoms with van der Waals surface area (Å²) in [6.45, 7) is 6.31. The van der Waals surface area contributed by atoms with Crippen molar-refractivity contribution < 1.29 is 4.79 Å². The Morgan fingerprint density at radius 1 is 1.04 bits per heavy atom. The second kappa shape index (κ2) is 7.93. The topological polar surface area (TPSA) is 46.1 Å². The molecule has 4 nitrogen and oxygen atoms in total. The number of pyridine rings is 2. The monoisotopic (exact) mass is 371 g/mol. The molecule has 1 fully saturated rings. The Morgan fingerprint density at radius 3 is 2.57 bits per heavy atom. The first-order valence-corrected chi connectivity index (χ1v) is 9.86. The first-order valence-electron chi connectivity index (χ1n) is 9.86. The molecule has 3 heterocycles. The Balaban J connectivity index is 1.58. The van der Waals surface area contributed by atoms with Gasteiger partial charge in [-0.3, -0.25) is 9.78 Å². The summed E-state index contributed by atoms with van der Waals surface area (Å²) >= 11 is 0. The number of carbonyl (C=O) groups is 1. The zero-order chi connectivity index (χ0) is 19.5. The number of aryl methyl sites for hydroxylation is 2. The van der Waals surface area contributed by atoms with Gasteiger partial charge in [-0.2, -0.15) is 0 Å². The van der Waals surface area contributed by atoms with E-state index in [1.54, 1.807) is 30.6 Å². The Kier molecular flexibility index (Phi) is 5.20.